The minimum absolute atomic E-state index is 0.0332. The normalized spacial score (nSPS) is 10.1. The Hall–Kier alpha value is -7.95. The van der Waals surface area contributed by atoms with Gasteiger partial charge in [-0.2, -0.15) is 0 Å². The smallest absolute Gasteiger partial charge is 0.306 e. The van der Waals surface area contributed by atoms with Gasteiger partial charge in [0.15, 0.2) is 0 Å². The zero-order valence-electron chi connectivity index (χ0n) is 104. The van der Waals surface area contributed by atoms with E-state index in [4.69, 9.17) is 58.0 Å². The van der Waals surface area contributed by atoms with Crippen LogP contribution in [0.1, 0.15) is 520 Å². The van der Waals surface area contributed by atoms with E-state index in [0.717, 1.165) is 154 Å². The second kappa shape index (κ2) is 137. The number of carbonyl (C=O) groups excluding carboxylic acids is 12. The third-order valence-electron chi connectivity index (χ3n) is 18.6. The Balaban J connectivity index is -0.000000100. The second-order valence-electron chi connectivity index (χ2n) is 42.8. The van der Waals surface area contributed by atoms with Gasteiger partial charge in [-0.05, 0) is 212 Å². The lowest BCUT2D eigenvalue weighted by atomic mass is 10.1. The lowest BCUT2D eigenvalue weighted by Crippen LogP contribution is -2.08. The van der Waals surface area contributed by atoms with Gasteiger partial charge in [-0.3, -0.25) is 71.9 Å². The highest BCUT2D eigenvalue weighted by molar-refractivity contribution is 5.73. The molecule has 30 nitrogen and oxygen atoms in total. The molecular formula is C120H240O30. The predicted octanol–water partition coefficient (Wildman–Crippen LogP) is 30.7. The number of carbonyl (C=O) groups is 15. The van der Waals surface area contributed by atoms with Crippen LogP contribution >= 0.6 is 0 Å². The van der Waals surface area contributed by atoms with Crippen LogP contribution in [0.4, 0.5) is 0 Å². The van der Waals surface area contributed by atoms with Crippen molar-refractivity contribution in [3.63, 3.8) is 0 Å². The molecule has 0 aliphatic heterocycles. The van der Waals surface area contributed by atoms with Crippen molar-refractivity contribution >= 4 is 89.5 Å². The number of hydrogen-bond donors (Lipinski definition) is 3. The average Bonchev–Trinajstić information content (AvgIpc) is 0.958. The van der Waals surface area contributed by atoms with E-state index in [0.29, 0.717) is 232 Å². The van der Waals surface area contributed by atoms with Crippen LogP contribution in [-0.4, -0.2) is 186 Å². The zero-order chi connectivity index (χ0) is 120. The van der Waals surface area contributed by atoms with Gasteiger partial charge in [0.2, 0.25) is 0 Å². The molecule has 0 amide bonds. The van der Waals surface area contributed by atoms with Gasteiger partial charge in [-0.25, -0.2) is 0 Å². The van der Waals surface area contributed by atoms with Crippen LogP contribution in [0, 0.1) is 88.8 Å². The number of hydrogen-bond acceptors (Lipinski definition) is 27. The molecule has 0 aromatic carbocycles. The first-order valence-corrected chi connectivity index (χ1v) is 57.1. The first-order valence-electron chi connectivity index (χ1n) is 57.1. The van der Waals surface area contributed by atoms with E-state index >= 15 is 0 Å². The Morgan fingerprint density at radius 1 is 0.160 bits per heavy atom. The summed E-state index contributed by atoms with van der Waals surface area (Å²) in [5.74, 6) is 5.16. The van der Waals surface area contributed by atoms with Gasteiger partial charge < -0.3 is 72.2 Å². The van der Waals surface area contributed by atoms with Gasteiger partial charge >= 0.3 is 89.5 Å². The van der Waals surface area contributed by atoms with Gasteiger partial charge in [0.25, 0.3) is 0 Å². The monoisotopic (exact) mass is 2160 g/mol. The van der Waals surface area contributed by atoms with E-state index < -0.39 is 17.9 Å². The van der Waals surface area contributed by atoms with E-state index in [1.54, 1.807) is 0 Å². The molecule has 0 saturated heterocycles. The molecule has 0 spiro atoms. The summed E-state index contributed by atoms with van der Waals surface area (Å²) < 4.78 is 57.3. The van der Waals surface area contributed by atoms with Crippen molar-refractivity contribution in [1.82, 2.24) is 0 Å². The van der Waals surface area contributed by atoms with Crippen molar-refractivity contribution < 1.29 is 144 Å². The minimum Gasteiger partial charge on any atom is -0.481 e. The highest BCUT2D eigenvalue weighted by Gasteiger charge is 2.13. The number of ether oxygens (including phenoxy) is 12. The van der Waals surface area contributed by atoms with Crippen LogP contribution in [0.2, 0.25) is 0 Å². The minimum atomic E-state index is -0.713. The average molecular weight is 2160 g/mol. The molecule has 0 atom stereocenters. The van der Waals surface area contributed by atoms with Crippen molar-refractivity contribution in [2.75, 3.05) is 80.8 Å². The van der Waals surface area contributed by atoms with E-state index in [-0.39, 0.29) is 84.0 Å². The maximum atomic E-state index is 11.1. The zero-order valence-corrected chi connectivity index (χ0v) is 104. The highest BCUT2D eigenvalue weighted by atomic mass is 16.6. The Kier molecular flexibility index (Phi) is 160. The number of methoxy groups -OCH3 is 3. The summed E-state index contributed by atoms with van der Waals surface area (Å²) in [5.41, 5.74) is 0. The molecule has 30 heteroatoms. The second-order valence-corrected chi connectivity index (χ2v) is 42.8. The first kappa shape index (κ1) is 175. The van der Waals surface area contributed by atoms with Crippen molar-refractivity contribution in [3.05, 3.63) is 0 Å². The number of carboxylic acids is 3. The fourth-order valence-electron chi connectivity index (χ4n) is 10.0. The number of carboxylic acid groups (broad SMARTS) is 3. The Morgan fingerprint density at radius 3 is 0.527 bits per heavy atom. The molecule has 0 unspecified atom stereocenters. The van der Waals surface area contributed by atoms with Crippen molar-refractivity contribution in [2.24, 2.45) is 88.8 Å². The van der Waals surface area contributed by atoms with Gasteiger partial charge in [0, 0.05) is 96.3 Å². The van der Waals surface area contributed by atoms with E-state index in [1.165, 1.54) is 21.3 Å². The molecule has 150 heavy (non-hydrogen) atoms. The molecule has 0 bridgehead atoms. The third-order valence-corrected chi connectivity index (χ3v) is 18.6. The Morgan fingerprint density at radius 2 is 0.333 bits per heavy atom. The molecule has 0 rings (SSSR count). The number of aliphatic carboxylic acids is 3. The topological polar surface area (TPSA) is 428 Å². The molecule has 0 fully saturated rings. The van der Waals surface area contributed by atoms with E-state index in [9.17, 15) is 71.9 Å². The molecule has 0 radical (unpaired) electrons. The maximum Gasteiger partial charge on any atom is 0.306 e. The molecule has 3 N–H and O–H groups in total. The lowest BCUT2D eigenvalue weighted by molar-refractivity contribution is -0.145. The van der Waals surface area contributed by atoms with Crippen LogP contribution in [0.5, 0.6) is 0 Å². The van der Waals surface area contributed by atoms with Crippen molar-refractivity contribution in [3.8, 4) is 0 Å². The summed E-state index contributed by atoms with van der Waals surface area (Å²) in [6.45, 7) is 84.8. The molecule has 0 aromatic rings. The quantitative estimate of drug-likeness (QED) is 0.0289. The summed E-state index contributed by atoms with van der Waals surface area (Å²) in [4.78, 5) is 159. The number of rotatable bonds is 63. The molecule has 0 aromatic heterocycles. The molecular weight excluding hydrogens is 1920 g/mol. The molecule has 0 saturated carbocycles. The highest BCUT2D eigenvalue weighted by Crippen LogP contribution is 2.15. The van der Waals surface area contributed by atoms with E-state index in [2.05, 4.69) is 160 Å². The summed E-state index contributed by atoms with van der Waals surface area (Å²) in [7, 11) is 4.26. The predicted molar refractivity (Wildman–Crippen MR) is 611 cm³/mol. The van der Waals surface area contributed by atoms with Gasteiger partial charge in [-0.1, -0.05) is 301 Å². The first-order chi connectivity index (χ1) is 69.8. The van der Waals surface area contributed by atoms with Gasteiger partial charge in [0.1, 0.15) is 0 Å². The largest absolute Gasteiger partial charge is 0.481 e. The summed E-state index contributed by atoms with van der Waals surface area (Å²) >= 11 is 0. The van der Waals surface area contributed by atoms with Gasteiger partial charge in [0.05, 0.1) is 80.8 Å². The van der Waals surface area contributed by atoms with Crippen LogP contribution < -0.4 is 0 Å². The Bertz CT molecular complexity index is 2990. The van der Waals surface area contributed by atoms with E-state index in [1.807, 2.05) is 125 Å². The van der Waals surface area contributed by atoms with Crippen LogP contribution in [-0.2, 0) is 129 Å². The standard InChI is InChI=1S/C11H22O2.2C10H20O2.3C9H18O2.3C8H16O2.3C7H14O2.2C6H12O2.C5H10O2/c1-4-5-9-13-11(12)8-6-7-10(2)3;1-4-8-12-10(11)7-5-6-9(2)3;1-4-5-8-12-10(11)7-6-9(2)3;1-4-11-9(10)7-5-6-8(2)3;1-4-7-11-9(10)6-5-8(2)3;1-4-5-6-11-9(10)7-8(2)3;1-7(2)5-4-6-8(9)10-3;1-4-10-8(9)6-5-7(2)3;1-4-5-10-8(9)6-7(2)3;1-6(2)4-5-7(8)9-3;1-6(2)4-3-5-7(8)9;1-4-9-7(8)5-6(2)3;1-5(2)4-6(7)8-3;1-5(2)3-4-6(7)8;1-4(2)3-5(6)7/h10H,4-9H2,1-3H3;2*9H,4-8H2,1-3H3;3*8H,4-7H2,1-3H3;3*7H,4-6H2,1-3H3;6H,4-5H2,1-3H3;6H,3-5H2,1-2H3,(H,8,9);6H,4-5H2,1-3H3;5H,4H2,1-3H3;5H,3-4H2,1-2H3,(H,7,8);4H,3H2,1-2H3,(H,6,7). The summed E-state index contributed by atoms with van der Waals surface area (Å²) in [6, 6.07) is 0. The van der Waals surface area contributed by atoms with Crippen molar-refractivity contribution in [1.29, 1.82) is 0 Å². The third kappa shape index (κ3) is 228. The van der Waals surface area contributed by atoms with Crippen molar-refractivity contribution in [2.45, 2.75) is 520 Å². The Labute approximate surface area is 918 Å². The van der Waals surface area contributed by atoms with Crippen LogP contribution in [0.25, 0.3) is 0 Å². The molecule has 0 heterocycles. The molecule has 900 valence electrons. The SMILES string of the molecule is CC(C)CC(=O)O.CC(C)CCC(=O)O.CC(C)CCCC(=O)O.CCCCOC(=O)CC(C)C.CCCCOC(=O)CCC(C)C.CCCCOC(=O)CCCC(C)C.CCCOC(=O)CC(C)C.CCCOC(=O)CCC(C)C.CCCOC(=O)CCCC(C)C.CCOC(=O)CC(C)C.CCOC(=O)CCC(C)C.CCOC(=O)CCCC(C)C.COC(=O)CC(C)C.COC(=O)CCC(C)C.COC(=O)CCCC(C)C. The van der Waals surface area contributed by atoms with Crippen LogP contribution in [0.3, 0.4) is 0 Å². The number of unbranched alkanes of at least 4 members (excludes halogenated alkanes) is 3. The lowest BCUT2D eigenvalue weighted by Gasteiger charge is -2.05. The van der Waals surface area contributed by atoms with Gasteiger partial charge in [-0.15, -0.1) is 0 Å². The summed E-state index contributed by atoms with van der Waals surface area (Å²) in [5, 5.41) is 24.5. The van der Waals surface area contributed by atoms with Crippen LogP contribution in [0.15, 0.2) is 0 Å². The molecule has 0 aliphatic carbocycles. The summed E-state index contributed by atoms with van der Waals surface area (Å²) in [6.07, 6.45) is 31.1. The maximum absolute atomic E-state index is 11.1. The fourth-order valence-corrected chi connectivity index (χ4v) is 10.0. The fraction of sp³-hybridized carbons (Fsp3) is 0.875. The molecule has 0 aliphatic rings. The number of esters is 12.